The summed E-state index contributed by atoms with van der Waals surface area (Å²) in [6.45, 7) is 4.37. The minimum absolute atomic E-state index is 0.108. The topological polar surface area (TPSA) is 72.5 Å². The molecule has 149 valence electrons. The first-order chi connectivity index (χ1) is 13.1. The quantitative estimate of drug-likeness (QED) is 0.224. The second-order valence-corrected chi connectivity index (χ2v) is 6.54. The van der Waals surface area contributed by atoms with Crippen LogP contribution in [-0.2, 0) is 14.6 Å². The highest BCUT2D eigenvalue weighted by Gasteiger charge is 2.11. The van der Waals surface area contributed by atoms with Crippen molar-refractivity contribution in [3.8, 4) is 5.75 Å². The van der Waals surface area contributed by atoms with E-state index < -0.39 is 5.97 Å². The molecule has 1 radical (unpaired) electrons. The molecule has 0 saturated carbocycles. The van der Waals surface area contributed by atoms with Crippen LogP contribution in [0.1, 0.15) is 74.6 Å². The maximum Gasteiger partial charge on any atom is 0.390 e. The molecule has 0 N–H and O–H groups in total. The van der Waals surface area contributed by atoms with Crippen LogP contribution in [-0.4, -0.2) is 25.2 Å². The van der Waals surface area contributed by atoms with Crippen molar-refractivity contribution < 1.29 is 24.2 Å². The van der Waals surface area contributed by atoms with Crippen molar-refractivity contribution in [2.45, 2.75) is 64.2 Å². The summed E-state index contributed by atoms with van der Waals surface area (Å²) in [6.07, 6.45) is 12.5. The lowest BCUT2D eigenvalue weighted by atomic mass is 10.1. The lowest BCUT2D eigenvalue weighted by molar-refractivity contribution is -0.137. The van der Waals surface area contributed by atoms with Gasteiger partial charge < -0.3 is 9.47 Å². The van der Waals surface area contributed by atoms with Crippen molar-refractivity contribution in [1.82, 2.24) is 0 Å². The average Bonchev–Trinajstić information content (AvgIpc) is 2.68. The minimum atomic E-state index is -1.21. The van der Waals surface area contributed by atoms with Crippen molar-refractivity contribution in [1.29, 1.82) is 0 Å². The van der Waals surface area contributed by atoms with E-state index in [2.05, 4.69) is 6.58 Å². The third-order valence-corrected chi connectivity index (χ3v) is 4.31. The molecule has 1 aromatic rings. The molecule has 5 heteroatoms. The van der Waals surface area contributed by atoms with Crippen molar-refractivity contribution in [3.63, 3.8) is 0 Å². The summed E-state index contributed by atoms with van der Waals surface area (Å²) in [5, 5.41) is 11.0. The average molecular weight is 375 g/mol. The number of hydrogen-bond donors (Lipinski definition) is 0. The Kier molecular flexibility index (Phi) is 12.5. The summed E-state index contributed by atoms with van der Waals surface area (Å²) in [7, 11) is 0. The van der Waals surface area contributed by atoms with Crippen LogP contribution in [0.2, 0.25) is 0 Å². The third-order valence-electron chi connectivity index (χ3n) is 4.31. The van der Waals surface area contributed by atoms with Gasteiger partial charge >= 0.3 is 11.9 Å². The van der Waals surface area contributed by atoms with Crippen LogP contribution in [0, 0.1) is 0 Å². The normalized spacial score (nSPS) is 10.4. The van der Waals surface area contributed by atoms with E-state index >= 15 is 0 Å². The number of unbranched alkanes of at least 4 members (excludes halogenated alkanes) is 9. The van der Waals surface area contributed by atoms with Gasteiger partial charge in [-0.2, -0.15) is 0 Å². The molecule has 0 heterocycles. The van der Waals surface area contributed by atoms with Gasteiger partial charge in [-0.05, 0) is 25.0 Å². The monoisotopic (exact) mass is 375 g/mol. The molecule has 27 heavy (non-hydrogen) atoms. The van der Waals surface area contributed by atoms with Gasteiger partial charge in [0.2, 0.25) is 0 Å². The van der Waals surface area contributed by atoms with Gasteiger partial charge in [-0.25, -0.2) is 14.7 Å². The van der Waals surface area contributed by atoms with Crippen LogP contribution in [0.4, 0.5) is 0 Å². The summed E-state index contributed by atoms with van der Waals surface area (Å²) >= 11 is 0. The van der Waals surface area contributed by atoms with E-state index in [-0.39, 0.29) is 11.5 Å². The fraction of sp³-hybridized carbons (Fsp3) is 0.545. The number of esters is 1. The minimum Gasteiger partial charge on any atom is -0.493 e. The van der Waals surface area contributed by atoms with Crippen LogP contribution in [0.15, 0.2) is 36.9 Å². The molecule has 0 fully saturated rings. The van der Waals surface area contributed by atoms with Crippen molar-refractivity contribution in [3.05, 3.63) is 42.5 Å². The molecule has 0 aliphatic carbocycles. The number of carbonyl (C=O) groups excluding carboxylic acids is 2. The maximum atomic E-state index is 11.0. The first kappa shape index (κ1) is 22.7. The van der Waals surface area contributed by atoms with Crippen molar-refractivity contribution in [2.75, 3.05) is 13.2 Å². The Morgan fingerprint density at radius 3 is 1.89 bits per heavy atom. The van der Waals surface area contributed by atoms with Crippen molar-refractivity contribution in [2.24, 2.45) is 0 Å². The number of benzene rings is 1. The lowest BCUT2D eigenvalue weighted by Gasteiger charge is -2.08. The fourth-order valence-corrected chi connectivity index (χ4v) is 2.79. The molecule has 0 aliphatic rings. The standard InChI is InChI=1S/C22H31O5/c1-2-21(23)27-18-14-10-8-6-4-3-5-7-9-13-17-26-20-16-12-11-15-19(20)22(24)25/h2,11-12,15-16H,1,3-10,13-14,17-18H2. The van der Waals surface area contributed by atoms with Crippen LogP contribution in [0.25, 0.3) is 0 Å². The fourth-order valence-electron chi connectivity index (χ4n) is 2.79. The Morgan fingerprint density at radius 2 is 1.33 bits per heavy atom. The van der Waals surface area contributed by atoms with Crippen LogP contribution in [0.3, 0.4) is 0 Å². The molecule has 0 aliphatic heterocycles. The highest BCUT2D eigenvalue weighted by atomic mass is 16.5. The predicted octanol–water partition coefficient (Wildman–Crippen LogP) is 5.27. The molecule has 0 aromatic heterocycles. The van der Waals surface area contributed by atoms with E-state index in [1.165, 1.54) is 50.7 Å². The van der Waals surface area contributed by atoms with Gasteiger partial charge in [0, 0.05) is 6.08 Å². The molecule has 1 rings (SSSR count). The van der Waals surface area contributed by atoms with Crippen LogP contribution in [0.5, 0.6) is 5.75 Å². The smallest absolute Gasteiger partial charge is 0.390 e. The number of hydrogen-bond acceptors (Lipinski definition) is 4. The molecule has 0 amide bonds. The second kappa shape index (κ2) is 14.8. The molecule has 0 unspecified atom stereocenters. The molecule has 0 atom stereocenters. The number of carbonyl (C=O) groups is 2. The summed E-state index contributed by atoms with van der Waals surface area (Å²) < 4.78 is 10.5. The van der Waals surface area contributed by atoms with E-state index in [1.54, 1.807) is 18.2 Å². The Morgan fingerprint density at radius 1 is 0.815 bits per heavy atom. The Bertz CT molecular complexity index is 568. The molecule has 0 saturated heterocycles. The zero-order valence-corrected chi connectivity index (χ0v) is 16.1. The summed E-state index contributed by atoms with van der Waals surface area (Å²) in [4.78, 5) is 21.8. The second-order valence-electron chi connectivity index (χ2n) is 6.54. The lowest BCUT2D eigenvalue weighted by Crippen LogP contribution is -2.03. The largest absolute Gasteiger partial charge is 0.493 e. The highest BCUT2D eigenvalue weighted by molar-refractivity contribution is 5.90. The van der Waals surface area contributed by atoms with Gasteiger partial charge in [-0.1, -0.05) is 70.1 Å². The Hall–Kier alpha value is -2.30. The van der Waals surface area contributed by atoms with Crippen molar-refractivity contribution >= 4 is 11.9 Å². The molecule has 5 nitrogen and oxygen atoms in total. The summed E-state index contributed by atoms with van der Waals surface area (Å²) in [5.74, 6) is -1.16. The Balaban J connectivity index is 1.89. The number of ether oxygens (including phenoxy) is 2. The van der Waals surface area contributed by atoms with E-state index in [1.807, 2.05) is 0 Å². The molecule has 0 spiro atoms. The van der Waals surface area contributed by atoms with Gasteiger partial charge in [-0.15, -0.1) is 0 Å². The number of rotatable bonds is 16. The predicted molar refractivity (Wildman–Crippen MR) is 104 cm³/mol. The van der Waals surface area contributed by atoms with Gasteiger partial charge in [-0.3, -0.25) is 0 Å². The van der Waals surface area contributed by atoms with Crippen LogP contribution >= 0.6 is 0 Å². The van der Waals surface area contributed by atoms with E-state index in [9.17, 15) is 14.7 Å². The Labute approximate surface area is 162 Å². The molecular weight excluding hydrogens is 344 g/mol. The first-order valence-electron chi connectivity index (χ1n) is 9.87. The van der Waals surface area contributed by atoms with Crippen LogP contribution < -0.4 is 4.74 Å². The third kappa shape index (κ3) is 11.1. The van der Waals surface area contributed by atoms with E-state index in [0.29, 0.717) is 19.0 Å². The molecule has 0 bridgehead atoms. The highest BCUT2D eigenvalue weighted by Crippen LogP contribution is 2.18. The first-order valence-corrected chi connectivity index (χ1v) is 9.87. The number of para-hydroxylation sites is 1. The zero-order chi connectivity index (χ0) is 19.7. The van der Waals surface area contributed by atoms with Gasteiger partial charge in [0.25, 0.3) is 0 Å². The maximum absolute atomic E-state index is 11.0. The van der Waals surface area contributed by atoms with Gasteiger partial charge in [0.1, 0.15) is 11.3 Å². The SMILES string of the molecule is C=CC(=O)OCCCCCCCCCCCCOc1ccccc1C([O])=O. The molecular formula is C22H31O5. The summed E-state index contributed by atoms with van der Waals surface area (Å²) in [5.41, 5.74) is 0.108. The van der Waals surface area contributed by atoms with Gasteiger partial charge in [0.05, 0.1) is 13.2 Å². The zero-order valence-electron chi connectivity index (χ0n) is 16.1. The van der Waals surface area contributed by atoms with E-state index in [4.69, 9.17) is 9.47 Å². The summed E-state index contributed by atoms with van der Waals surface area (Å²) in [6, 6.07) is 6.58. The molecule has 1 aromatic carbocycles. The van der Waals surface area contributed by atoms with Gasteiger partial charge in [0.15, 0.2) is 0 Å². The van der Waals surface area contributed by atoms with E-state index in [0.717, 1.165) is 25.7 Å².